The van der Waals surface area contributed by atoms with Crippen LogP contribution < -0.4 is 0 Å². The lowest BCUT2D eigenvalue weighted by Gasteiger charge is -2.61. The number of nitrogens with zero attached hydrogens (tertiary/aromatic N) is 3. The molecule has 5 aliphatic carbocycles. The minimum Gasteiger partial charge on any atom is -0.208 e. The number of benzene rings is 6. The summed E-state index contributed by atoms with van der Waals surface area (Å²) in [4.78, 5) is 15.5. The maximum Gasteiger partial charge on any atom is 0.164 e. The maximum atomic E-state index is 5.23. The van der Waals surface area contributed by atoms with Gasteiger partial charge in [-0.1, -0.05) is 127 Å². The fraction of sp³-hybridized carbons (Fsp3) is 0.213. The zero-order valence-electron chi connectivity index (χ0n) is 28.0. The molecule has 0 amide bonds. The van der Waals surface area contributed by atoms with E-state index in [4.69, 9.17) is 15.0 Å². The van der Waals surface area contributed by atoms with Crippen molar-refractivity contribution in [1.29, 1.82) is 0 Å². The minimum absolute atomic E-state index is 0.109. The molecular weight excluding hydrogens is 607 g/mol. The molecule has 0 radical (unpaired) electrons. The maximum absolute atomic E-state index is 5.23. The van der Waals surface area contributed by atoms with Gasteiger partial charge in [-0.05, 0) is 112 Å². The van der Waals surface area contributed by atoms with E-state index < -0.39 is 0 Å². The van der Waals surface area contributed by atoms with Gasteiger partial charge in [-0.2, -0.15) is 0 Å². The largest absolute Gasteiger partial charge is 0.208 e. The Morgan fingerprint density at radius 2 is 0.980 bits per heavy atom. The summed E-state index contributed by atoms with van der Waals surface area (Å²) in [5.74, 6) is 5.36. The lowest BCUT2D eigenvalue weighted by Crippen LogP contribution is -2.55. The summed E-state index contributed by atoms with van der Waals surface area (Å²) in [6.45, 7) is 0. The molecule has 4 fully saturated rings. The van der Waals surface area contributed by atoms with Crippen molar-refractivity contribution in [3.05, 3.63) is 151 Å². The molecule has 12 rings (SSSR count). The van der Waals surface area contributed by atoms with Crippen LogP contribution in [0.3, 0.4) is 0 Å². The molecule has 1 aromatic heterocycles. The molecule has 4 bridgehead atoms. The zero-order chi connectivity index (χ0) is 32.8. The van der Waals surface area contributed by atoms with E-state index in [2.05, 4.69) is 133 Å². The molecule has 3 nitrogen and oxygen atoms in total. The lowest BCUT2D eigenvalue weighted by molar-refractivity contribution is -0.0399. The highest BCUT2D eigenvalue weighted by Crippen LogP contribution is 2.70. The van der Waals surface area contributed by atoms with Crippen molar-refractivity contribution in [2.24, 2.45) is 23.7 Å². The van der Waals surface area contributed by atoms with E-state index in [1.54, 1.807) is 11.1 Å². The van der Waals surface area contributed by atoms with Gasteiger partial charge >= 0.3 is 0 Å². The first-order valence-electron chi connectivity index (χ1n) is 18.4. The van der Waals surface area contributed by atoms with Crippen LogP contribution in [0.2, 0.25) is 0 Å². The van der Waals surface area contributed by atoms with Crippen molar-refractivity contribution in [3.8, 4) is 56.4 Å². The molecular formula is C47H37N3. The van der Waals surface area contributed by atoms with Crippen LogP contribution in [0.4, 0.5) is 0 Å². The van der Waals surface area contributed by atoms with E-state index >= 15 is 0 Å². The average molecular weight is 644 g/mol. The SMILES string of the molecule is c1ccc(-c2cccc(-c3nc(-c4ccccc4)nc(-c4ccc5c(c4)-c4c(ccc6ccccc46)C54C5CC6CC(C5)CC4C6)n3)c2)cc1. The van der Waals surface area contributed by atoms with Crippen molar-refractivity contribution in [2.75, 3.05) is 0 Å². The van der Waals surface area contributed by atoms with Gasteiger partial charge in [0.1, 0.15) is 0 Å². The molecule has 5 aliphatic rings. The van der Waals surface area contributed by atoms with Crippen molar-refractivity contribution >= 4 is 10.8 Å². The highest BCUT2D eigenvalue weighted by Gasteiger charge is 2.61. The fourth-order valence-corrected chi connectivity index (χ4v) is 10.9. The van der Waals surface area contributed by atoms with Gasteiger partial charge in [0.25, 0.3) is 0 Å². The highest BCUT2D eigenvalue weighted by atomic mass is 15.0. The smallest absolute Gasteiger partial charge is 0.164 e. The fourth-order valence-electron chi connectivity index (χ4n) is 10.9. The van der Waals surface area contributed by atoms with Crippen LogP contribution in [0.25, 0.3) is 67.2 Å². The Labute approximate surface area is 293 Å². The molecule has 4 saturated carbocycles. The van der Waals surface area contributed by atoms with E-state index in [0.717, 1.165) is 51.7 Å². The van der Waals surface area contributed by atoms with E-state index in [0.29, 0.717) is 11.6 Å². The Bertz CT molecular complexity index is 2420. The highest BCUT2D eigenvalue weighted by molar-refractivity contribution is 6.03. The number of hydrogen-bond acceptors (Lipinski definition) is 3. The molecule has 1 spiro atoms. The second kappa shape index (κ2) is 10.8. The van der Waals surface area contributed by atoms with Crippen molar-refractivity contribution < 1.29 is 0 Å². The van der Waals surface area contributed by atoms with Crippen molar-refractivity contribution in [3.63, 3.8) is 0 Å². The van der Waals surface area contributed by atoms with Gasteiger partial charge in [0.2, 0.25) is 0 Å². The Balaban J connectivity index is 1.12. The van der Waals surface area contributed by atoms with E-state index in [-0.39, 0.29) is 5.41 Å². The average Bonchev–Trinajstić information content (AvgIpc) is 3.48. The topological polar surface area (TPSA) is 38.7 Å². The Kier molecular flexibility index (Phi) is 6.14. The summed E-state index contributed by atoms with van der Waals surface area (Å²) in [5, 5.41) is 2.68. The summed E-state index contributed by atoms with van der Waals surface area (Å²) in [6, 6.07) is 50.5. The quantitative estimate of drug-likeness (QED) is 0.192. The Morgan fingerprint density at radius 3 is 1.70 bits per heavy atom. The van der Waals surface area contributed by atoms with Crippen LogP contribution >= 0.6 is 0 Å². The molecule has 0 unspecified atom stereocenters. The molecule has 50 heavy (non-hydrogen) atoms. The Hall–Kier alpha value is -5.41. The van der Waals surface area contributed by atoms with Crippen molar-refractivity contribution in [1.82, 2.24) is 15.0 Å². The number of fused-ring (bicyclic) bond motifs is 5. The van der Waals surface area contributed by atoms with Crippen LogP contribution in [0, 0.1) is 23.7 Å². The van der Waals surface area contributed by atoms with Gasteiger partial charge in [0.05, 0.1) is 0 Å². The lowest BCUT2D eigenvalue weighted by atomic mass is 9.43. The third kappa shape index (κ3) is 4.13. The first-order chi connectivity index (χ1) is 24.7. The van der Waals surface area contributed by atoms with Crippen LogP contribution in [-0.2, 0) is 5.41 Å². The second-order valence-corrected chi connectivity index (χ2v) is 15.3. The van der Waals surface area contributed by atoms with E-state index in [1.165, 1.54) is 59.6 Å². The first kappa shape index (κ1) is 28.4. The summed E-state index contributed by atoms with van der Waals surface area (Å²) in [5.41, 5.74) is 11.4. The van der Waals surface area contributed by atoms with Gasteiger partial charge in [-0.3, -0.25) is 0 Å². The molecule has 240 valence electrons. The van der Waals surface area contributed by atoms with Crippen LogP contribution in [-0.4, -0.2) is 15.0 Å². The standard InChI is InChI=1S/C47H37N3/c1-3-10-31(11-4-1)34-15-9-16-35(27-34)45-48-44(33-13-5-2-6-14-33)49-46(50-45)36-19-20-41-40(28-36)43-39-17-8-7-12-32(39)18-21-42(43)47(41)37-23-29-22-30(25-37)26-38(47)24-29/h1-21,27-30,37-38H,22-26H2. The third-order valence-electron chi connectivity index (χ3n) is 12.7. The number of hydrogen-bond donors (Lipinski definition) is 0. The van der Waals surface area contributed by atoms with Gasteiger partial charge in [-0.15, -0.1) is 0 Å². The van der Waals surface area contributed by atoms with Gasteiger partial charge < -0.3 is 0 Å². The van der Waals surface area contributed by atoms with Gasteiger partial charge in [-0.25, -0.2) is 15.0 Å². The monoisotopic (exact) mass is 643 g/mol. The molecule has 0 N–H and O–H groups in total. The summed E-state index contributed by atoms with van der Waals surface area (Å²) >= 11 is 0. The predicted octanol–water partition coefficient (Wildman–Crippen LogP) is 11.4. The van der Waals surface area contributed by atoms with E-state index in [1.807, 2.05) is 6.07 Å². The third-order valence-corrected chi connectivity index (χ3v) is 12.7. The molecule has 0 aliphatic heterocycles. The van der Waals surface area contributed by atoms with Crippen molar-refractivity contribution in [2.45, 2.75) is 37.5 Å². The number of aromatic nitrogens is 3. The normalized spacial score (nSPS) is 24.1. The van der Waals surface area contributed by atoms with Gasteiger partial charge in [0.15, 0.2) is 17.5 Å². The molecule has 6 aromatic carbocycles. The van der Waals surface area contributed by atoms with Crippen LogP contribution in [0.5, 0.6) is 0 Å². The summed E-state index contributed by atoms with van der Waals surface area (Å²) in [7, 11) is 0. The molecule has 0 saturated heterocycles. The molecule has 7 aromatic rings. The van der Waals surface area contributed by atoms with Crippen LogP contribution in [0.15, 0.2) is 140 Å². The molecule has 3 heteroatoms. The van der Waals surface area contributed by atoms with Gasteiger partial charge in [0, 0.05) is 22.1 Å². The molecule has 1 heterocycles. The zero-order valence-corrected chi connectivity index (χ0v) is 28.0. The summed E-state index contributed by atoms with van der Waals surface area (Å²) < 4.78 is 0. The Morgan fingerprint density at radius 1 is 0.420 bits per heavy atom. The minimum atomic E-state index is 0.109. The predicted molar refractivity (Wildman–Crippen MR) is 202 cm³/mol. The summed E-state index contributed by atoms with van der Waals surface area (Å²) in [6.07, 6.45) is 6.96. The van der Waals surface area contributed by atoms with Crippen LogP contribution in [0.1, 0.15) is 43.2 Å². The molecule has 0 atom stereocenters. The van der Waals surface area contributed by atoms with E-state index in [9.17, 15) is 0 Å². The first-order valence-corrected chi connectivity index (χ1v) is 18.4. The second-order valence-electron chi connectivity index (χ2n) is 15.3. The number of rotatable bonds is 4.